The number of nitrogens with two attached hydrogens (primary N) is 1. The van der Waals surface area contributed by atoms with Gasteiger partial charge in [-0.05, 0) is 44.4 Å². The Balaban J connectivity index is 2.98. The Bertz CT molecular complexity index is 394. The normalized spacial score (nSPS) is 14.6. The van der Waals surface area contributed by atoms with Crippen molar-refractivity contribution in [3.63, 3.8) is 0 Å². The molecule has 0 aliphatic carbocycles. The standard InChI is InChI=1S/C16H28N2O2/c1-6-19-16(11(2)3)15(18-17)13-8-7-9-14(10-13)20-12(4)5/h7-12,15-16,18H,6,17H2,1-5H3. The van der Waals surface area contributed by atoms with Gasteiger partial charge in [0.2, 0.25) is 0 Å². The highest BCUT2D eigenvalue weighted by Crippen LogP contribution is 2.27. The fourth-order valence-electron chi connectivity index (χ4n) is 2.30. The van der Waals surface area contributed by atoms with E-state index in [2.05, 4.69) is 19.3 Å². The third kappa shape index (κ3) is 4.78. The molecule has 4 nitrogen and oxygen atoms in total. The first-order valence-electron chi connectivity index (χ1n) is 7.33. The predicted molar refractivity (Wildman–Crippen MR) is 82.5 cm³/mol. The highest BCUT2D eigenvalue weighted by Gasteiger charge is 2.26. The summed E-state index contributed by atoms with van der Waals surface area (Å²) in [5, 5.41) is 0. The zero-order valence-electron chi connectivity index (χ0n) is 13.2. The van der Waals surface area contributed by atoms with Crippen LogP contribution in [-0.2, 0) is 4.74 Å². The van der Waals surface area contributed by atoms with Gasteiger partial charge in [0, 0.05) is 6.61 Å². The van der Waals surface area contributed by atoms with Gasteiger partial charge in [0.25, 0.3) is 0 Å². The fourth-order valence-corrected chi connectivity index (χ4v) is 2.30. The van der Waals surface area contributed by atoms with Crippen molar-refractivity contribution in [3.05, 3.63) is 29.8 Å². The summed E-state index contributed by atoms with van der Waals surface area (Å²) in [6.07, 6.45) is 0.182. The first kappa shape index (κ1) is 17.0. The number of nitrogens with one attached hydrogen (secondary N) is 1. The molecule has 0 aliphatic rings. The van der Waals surface area contributed by atoms with E-state index >= 15 is 0 Å². The van der Waals surface area contributed by atoms with Crippen LogP contribution in [0.2, 0.25) is 0 Å². The monoisotopic (exact) mass is 280 g/mol. The lowest BCUT2D eigenvalue weighted by Crippen LogP contribution is -2.40. The van der Waals surface area contributed by atoms with Gasteiger partial charge in [0.05, 0.1) is 18.2 Å². The molecule has 0 bridgehead atoms. The van der Waals surface area contributed by atoms with E-state index in [9.17, 15) is 0 Å². The molecule has 0 aliphatic heterocycles. The molecular formula is C16H28N2O2. The van der Waals surface area contributed by atoms with E-state index in [1.54, 1.807) is 0 Å². The predicted octanol–water partition coefficient (Wildman–Crippen LogP) is 3.04. The highest BCUT2D eigenvalue weighted by atomic mass is 16.5. The van der Waals surface area contributed by atoms with Gasteiger partial charge in [0.15, 0.2) is 0 Å². The van der Waals surface area contributed by atoms with Crippen molar-refractivity contribution in [2.24, 2.45) is 11.8 Å². The van der Waals surface area contributed by atoms with E-state index in [-0.39, 0.29) is 18.2 Å². The van der Waals surface area contributed by atoms with Gasteiger partial charge in [-0.25, -0.2) is 0 Å². The molecule has 0 spiro atoms. The Labute approximate surface area is 122 Å². The SMILES string of the molecule is CCOC(C(C)C)C(NN)c1cccc(OC(C)C)c1. The first-order valence-corrected chi connectivity index (χ1v) is 7.33. The van der Waals surface area contributed by atoms with Crippen LogP contribution in [0.5, 0.6) is 5.75 Å². The van der Waals surface area contributed by atoms with Gasteiger partial charge in [-0.15, -0.1) is 0 Å². The number of hydrogen-bond acceptors (Lipinski definition) is 4. The van der Waals surface area contributed by atoms with Gasteiger partial charge in [-0.1, -0.05) is 26.0 Å². The van der Waals surface area contributed by atoms with E-state index in [4.69, 9.17) is 15.3 Å². The molecule has 1 aromatic rings. The second kappa shape index (κ2) is 8.25. The van der Waals surface area contributed by atoms with E-state index in [1.165, 1.54) is 0 Å². The third-order valence-corrected chi connectivity index (χ3v) is 3.11. The number of ether oxygens (including phenoxy) is 2. The summed E-state index contributed by atoms with van der Waals surface area (Å²) in [4.78, 5) is 0. The molecule has 1 rings (SSSR count). The van der Waals surface area contributed by atoms with Crippen LogP contribution in [0.15, 0.2) is 24.3 Å². The maximum atomic E-state index is 5.85. The van der Waals surface area contributed by atoms with Gasteiger partial charge in [-0.3, -0.25) is 11.3 Å². The van der Waals surface area contributed by atoms with Crippen molar-refractivity contribution < 1.29 is 9.47 Å². The molecule has 4 heteroatoms. The van der Waals surface area contributed by atoms with E-state index < -0.39 is 0 Å². The minimum Gasteiger partial charge on any atom is -0.491 e. The molecule has 0 fully saturated rings. The summed E-state index contributed by atoms with van der Waals surface area (Å²) in [7, 11) is 0. The molecule has 0 radical (unpaired) electrons. The minimum atomic E-state index is -0.0503. The molecule has 0 saturated carbocycles. The lowest BCUT2D eigenvalue weighted by molar-refractivity contribution is 0.00272. The van der Waals surface area contributed by atoms with E-state index in [0.29, 0.717) is 12.5 Å². The highest BCUT2D eigenvalue weighted by molar-refractivity contribution is 5.31. The van der Waals surface area contributed by atoms with Crippen LogP contribution >= 0.6 is 0 Å². The minimum absolute atomic E-state index is 0.0271. The average Bonchev–Trinajstić information content (AvgIpc) is 2.38. The van der Waals surface area contributed by atoms with Crippen LogP contribution in [0.3, 0.4) is 0 Å². The van der Waals surface area contributed by atoms with Crippen LogP contribution < -0.4 is 16.0 Å². The molecule has 114 valence electrons. The summed E-state index contributed by atoms with van der Waals surface area (Å²) in [6.45, 7) is 11.0. The average molecular weight is 280 g/mol. The van der Waals surface area contributed by atoms with Crippen LogP contribution in [0.4, 0.5) is 0 Å². The Morgan fingerprint density at radius 2 is 1.90 bits per heavy atom. The van der Waals surface area contributed by atoms with Crippen molar-refractivity contribution in [2.75, 3.05) is 6.61 Å². The smallest absolute Gasteiger partial charge is 0.120 e. The zero-order valence-corrected chi connectivity index (χ0v) is 13.2. The summed E-state index contributed by atoms with van der Waals surface area (Å²) >= 11 is 0. The number of benzene rings is 1. The number of hydrazine groups is 1. The lowest BCUT2D eigenvalue weighted by atomic mass is 9.94. The van der Waals surface area contributed by atoms with Gasteiger partial charge >= 0.3 is 0 Å². The third-order valence-electron chi connectivity index (χ3n) is 3.11. The molecule has 20 heavy (non-hydrogen) atoms. The number of hydrogen-bond donors (Lipinski definition) is 2. The van der Waals surface area contributed by atoms with Crippen molar-refractivity contribution in [2.45, 2.75) is 52.9 Å². The maximum absolute atomic E-state index is 5.85. The zero-order chi connectivity index (χ0) is 15.1. The van der Waals surface area contributed by atoms with Crippen LogP contribution in [0.25, 0.3) is 0 Å². The molecule has 2 atom stereocenters. The van der Waals surface area contributed by atoms with Crippen molar-refractivity contribution >= 4 is 0 Å². The largest absolute Gasteiger partial charge is 0.491 e. The molecule has 3 N–H and O–H groups in total. The van der Waals surface area contributed by atoms with Crippen LogP contribution in [0.1, 0.15) is 46.2 Å². The quantitative estimate of drug-likeness (QED) is 0.567. The summed E-state index contributed by atoms with van der Waals surface area (Å²) < 4.78 is 11.6. The topological polar surface area (TPSA) is 56.5 Å². The lowest BCUT2D eigenvalue weighted by Gasteiger charge is -2.30. The molecular weight excluding hydrogens is 252 g/mol. The van der Waals surface area contributed by atoms with Crippen molar-refractivity contribution in [1.29, 1.82) is 0 Å². The Morgan fingerprint density at radius 3 is 2.40 bits per heavy atom. The van der Waals surface area contributed by atoms with E-state index in [0.717, 1.165) is 11.3 Å². The molecule has 0 aromatic heterocycles. The fraction of sp³-hybridized carbons (Fsp3) is 0.625. The summed E-state index contributed by atoms with van der Waals surface area (Å²) in [5.41, 5.74) is 3.97. The number of rotatable bonds is 8. The van der Waals surface area contributed by atoms with E-state index in [1.807, 2.05) is 45.0 Å². The van der Waals surface area contributed by atoms with Gasteiger partial charge in [-0.2, -0.15) is 0 Å². The first-order chi connectivity index (χ1) is 9.49. The van der Waals surface area contributed by atoms with Crippen LogP contribution in [-0.4, -0.2) is 18.8 Å². The Kier molecular flexibility index (Phi) is 6.99. The second-order valence-electron chi connectivity index (χ2n) is 5.55. The van der Waals surface area contributed by atoms with Crippen LogP contribution in [0, 0.1) is 5.92 Å². The Hall–Kier alpha value is -1.10. The van der Waals surface area contributed by atoms with Crippen molar-refractivity contribution in [1.82, 2.24) is 5.43 Å². The molecule has 2 unspecified atom stereocenters. The second-order valence-corrected chi connectivity index (χ2v) is 5.55. The van der Waals surface area contributed by atoms with Crippen molar-refractivity contribution in [3.8, 4) is 5.75 Å². The maximum Gasteiger partial charge on any atom is 0.120 e. The summed E-state index contributed by atoms with van der Waals surface area (Å²) in [5.74, 6) is 6.98. The molecule has 0 saturated heterocycles. The van der Waals surface area contributed by atoms with Gasteiger partial charge in [0.1, 0.15) is 5.75 Å². The molecule has 1 aromatic carbocycles. The Morgan fingerprint density at radius 1 is 1.20 bits per heavy atom. The van der Waals surface area contributed by atoms with Gasteiger partial charge < -0.3 is 9.47 Å². The molecule has 0 amide bonds. The summed E-state index contributed by atoms with van der Waals surface area (Å²) in [6, 6.07) is 7.97. The molecule has 0 heterocycles.